The van der Waals surface area contributed by atoms with Crippen LogP contribution >= 0.6 is 0 Å². The SMILES string of the molecule is O=C(Cc1ccccc1)NCCC(=O)N1CCC2(CC1)OCCO2. The first-order valence-electron chi connectivity index (χ1n) is 8.53. The number of carbonyl (C=O) groups excluding carboxylic acids is 2. The second-order valence-electron chi connectivity index (χ2n) is 6.25. The number of hydrogen-bond donors (Lipinski definition) is 1. The van der Waals surface area contributed by atoms with Gasteiger partial charge >= 0.3 is 0 Å². The summed E-state index contributed by atoms with van der Waals surface area (Å²) in [6, 6.07) is 9.58. The van der Waals surface area contributed by atoms with Gasteiger partial charge in [0, 0.05) is 38.9 Å². The largest absolute Gasteiger partial charge is 0.355 e. The molecule has 2 aliphatic heterocycles. The highest BCUT2D eigenvalue weighted by Gasteiger charge is 2.40. The lowest BCUT2D eigenvalue weighted by atomic mass is 10.0. The van der Waals surface area contributed by atoms with E-state index in [1.54, 1.807) is 0 Å². The molecule has 6 nitrogen and oxygen atoms in total. The number of ether oxygens (including phenoxy) is 2. The Labute approximate surface area is 142 Å². The number of piperidine rings is 1. The smallest absolute Gasteiger partial charge is 0.224 e. The van der Waals surface area contributed by atoms with Crippen molar-refractivity contribution in [1.82, 2.24) is 10.2 Å². The van der Waals surface area contributed by atoms with E-state index in [9.17, 15) is 9.59 Å². The van der Waals surface area contributed by atoms with E-state index in [1.165, 1.54) is 0 Å². The number of nitrogens with zero attached hydrogens (tertiary/aromatic N) is 1. The van der Waals surface area contributed by atoms with Crippen molar-refractivity contribution >= 4 is 11.8 Å². The van der Waals surface area contributed by atoms with Crippen LogP contribution in [0, 0.1) is 0 Å². The average molecular weight is 332 g/mol. The number of nitrogens with one attached hydrogen (secondary N) is 1. The molecule has 2 amide bonds. The molecule has 0 bridgehead atoms. The van der Waals surface area contributed by atoms with Gasteiger partial charge in [-0.05, 0) is 5.56 Å². The van der Waals surface area contributed by atoms with Crippen molar-refractivity contribution in [1.29, 1.82) is 0 Å². The van der Waals surface area contributed by atoms with Crippen molar-refractivity contribution in [2.45, 2.75) is 31.5 Å². The van der Waals surface area contributed by atoms with Crippen molar-refractivity contribution in [3.63, 3.8) is 0 Å². The molecule has 6 heteroatoms. The Bertz CT molecular complexity index is 560. The Balaban J connectivity index is 1.35. The fourth-order valence-corrected chi connectivity index (χ4v) is 3.19. The van der Waals surface area contributed by atoms with E-state index in [-0.39, 0.29) is 11.8 Å². The fourth-order valence-electron chi connectivity index (χ4n) is 3.19. The highest BCUT2D eigenvalue weighted by molar-refractivity contribution is 5.80. The van der Waals surface area contributed by atoms with Crippen LogP contribution in [-0.2, 0) is 25.5 Å². The van der Waals surface area contributed by atoms with Crippen molar-refractivity contribution in [3.8, 4) is 0 Å². The molecule has 1 aromatic rings. The van der Waals surface area contributed by atoms with Crippen molar-refractivity contribution in [2.24, 2.45) is 0 Å². The Morgan fingerprint density at radius 1 is 1.08 bits per heavy atom. The zero-order chi connectivity index (χ0) is 16.8. The van der Waals surface area contributed by atoms with Gasteiger partial charge in [-0.1, -0.05) is 30.3 Å². The third kappa shape index (κ3) is 4.33. The summed E-state index contributed by atoms with van der Waals surface area (Å²) in [5.41, 5.74) is 0.971. The van der Waals surface area contributed by atoms with Gasteiger partial charge in [-0.2, -0.15) is 0 Å². The third-order valence-corrected chi connectivity index (χ3v) is 4.56. The molecule has 2 heterocycles. The normalized spacial score (nSPS) is 19.4. The zero-order valence-electron chi connectivity index (χ0n) is 13.8. The quantitative estimate of drug-likeness (QED) is 0.877. The van der Waals surface area contributed by atoms with Crippen LogP contribution in [0.25, 0.3) is 0 Å². The van der Waals surface area contributed by atoms with E-state index in [0.717, 1.165) is 18.4 Å². The van der Waals surface area contributed by atoms with E-state index < -0.39 is 5.79 Å². The maximum Gasteiger partial charge on any atom is 0.224 e. The monoisotopic (exact) mass is 332 g/mol. The van der Waals surface area contributed by atoms with E-state index >= 15 is 0 Å². The molecule has 0 radical (unpaired) electrons. The number of benzene rings is 1. The maximum absolute atomic E-state index is 12.2. The van der Waals surface area contributed by atoms with Crippen LogP contribution in [0.1, 0.15) is 24.8 Å². The standard InChI is InChI=1S/C18H24N2O4/c21-16(14-15-4-2-1-3-5-15)19-9-6-17(22)20-10-7-18(8-11-20)23-12-13-24-18/h1-5H,6-14H2,(H,19,21). The topological polar surface area (TPSA) is 67.9 Å². The summed E-state index contributed by atoms with van der Waals surface area (Å²) in [5.74, 6) is -0.442. The lowest BCUT2D eigenvalue weighted by Crippen LogP contribution is -2.47. The third-order valence-electron chi connectivity index (χ3n) is 4.56. The van der Waals surface area contributed by atoms with Gasteiger partial charge in [-0.3, -0.25) is 9.59 Å². The highest BCUT2D eigenvalue weighted by atomic mass is 16.7. The first-order valence-corrected chi connectivity index (χ1v) is 8.53. The maximum atomic E-state index is 12.2. The van der Waals surface area contributed by atoms with Crippen molar-refractivity contribution in [3.05, 3.63) is 35.9 Å². The molecule has 0 atom stereocenters. The summed E-state index contributed by atoms with van der Waals surface area (Å²) < 4.78 is 11.3. The van der Waals surface area contributed by atoms with Crippen LogP contribution in [-0.4, -0.2) is 55.3 Å². The zero-order valence-corrected chi connectivity index (χ0v) is 13.8. The van der Waals surface area contributed by atoms with Gasteiger partial charge in [0.05, 0.1) is 19.6 Å². The summed E-state index contributed by atoms with van der Waals surface area (Å²) in [4.78, 5) is 25.9. The van der Waals surface area contributed by atoms with Crippen molar-refractivity contribution in [2.75, 3.05) is 32.8 Å². The molecule has 3 rings (SSSR count). The number of amides is 2. The van der Waals surface area contributed by atoms with Gasteiger partial charge in [0.15, 0.2) is 5.79 Å². The van der Waals surface area contributed by atoms with E-state index in [4.69, 9.17) is 9.47 Å². The minimum absolute atomic E-state index is 0.0562. The lowest BCUT2D eigenvalue weighted by Gasteiger charge is -2.37. The average Bonchev–Trinajstić information content (AvgIpc) is 3.04. The molecule has 0 aromatic heterocycles. The molecule has 1 N–H and O–H groups in total. The van der Waals surface area contributed by atoms with Gasteiger partial charge in [0.2, 0.25) is 11.8 Å². The number of carbonyl (C=O) groups is 2. The van der Waals surface area contributed by atoms with Gasteiger partial charge < -0.3 is 19.7 Å². The Morgan fingerprint density at radius 2 is 1.75 bits per heavy atom. The summed E-state index contributed by atoms with van der Waals surface area (Å²) in [5, 5.41) is 2.81. The first-order chi connectivity index (χ1) is 11.7. The van der Waals surface area contributed by atoms with Gasteiger partial charge in [0.1, 0.15) is 0 Å². The summed E-state index contributed by atoms with van der Waals surface area (Å²) >= 11 is 0. The van der Waals surface area contributed by atoms with Crippen LogP contribution < -0.4 is 5.32 Å². The molecule has 2 fully saturated rings. The first kappa shape index (κ1) is 16.9. The molecular weight excluding hydrogens is 308 g/mol. The van der Waals surface area contributed by atoms with Crippen LogP contribution in [0.15, 0.2) is 30.3 Å². The Kier molecular flexibility index (Phi) is 5.48. The summed E-state index contributed by atoms with van der Waals surface area (Å²) in [6.45, 7) is 2.95. The van der Waals surface area contributed by atoms with Crippen molar-refractivity contribution < 1.29 is 19.1 Å². The van der Waals surface area contributed by atoms with Crippen LogP contribution in [0.5, 0.6) is 0 Å². The molecule has 1 aromatic carbocycles. The molecule has 24 heavy (non-hydrogen) atoms. The molecule has 1 spiro atoms. The van der Waals surface area contributed by atoms with Crippen LogP contribution in [0.3, 0.4) is 0 Å². The summed E-state index contributed by atoms with van der Waals surface area (Å²) in [7, 11) is 0. The molecule has 0 aliphatic carbocycles. The minimum atomic E-state index is -0.458. The highest BCUT2D eigenvalue weighted by Crippen LogP contribution is 2.31. The van der Waals surface area contributed by atoms with E-state index in [0.29, 0.717) is 45.7 Å². The molecular formula is C18H24N2O4. The van der Waals surface area contributed by atoms with Gasteiger partial charge in [-0.25, -0.2) is 0 Å². The van der Waals surface area contributed by atoms with E-state index in [2.05, 4.69) is 5.32 Å². The van der Waals surface area contributed by atoms with Gasteiger partial charge in [-0.15, -0.1) is 0 Å². The molecule has 0 unspecified atom stereocenters. The number of likely N-dealkylation sites (tertiary alicyclic amines) is 1. The lowest BCUT2D eigenvalue weighted by molar-refractivity contribution is -0.187. The number of hydrogen-bond acceptors (Lipinski definition) is 4. The second-order valence-corrected chi connectivity index (χ2v) is 6.25. The Morgan fingerprint density at radius 3 is 2.42 bits per heavy atom. The number of rotatable bonds is 5. The molecule has 2 saturated heterocycles. The Hall–Kier alpha value is -1.92. The van der Waals surface area contributed by atoms with Crippen LogP contribution in [0.4, 0.5) is 0 Å². The minimum Gasteiger partial charge on any atom is -0.355 e. The van der Waals surface area contributed by atoms with Gasteiger partial charge in [0.25, 0.3) is 0 Å². The van der Waals surface area contributed by atoms with Crippen LogP contribution in [0.2, 0.25) is 0 Å². The molecule has 130 valence electrons. The molecule has 0 saturated carbocycles. The predicted molar refractivity (Wildman–Crippen MR) is 88.2 cm³/mol. The molecule has 2 aliphatic rings. The summed E-state index contributed by atoms with van der Waals surface area (Å²) in [6.07, 6.45) is 2.11. The predicted octanol–water partition coefficient (Wildman–Crippen LogP) is 1.10. The second kappa shape index (κ2) is 7.77. The fraction of sp³-hybridized carbons (Fsp3) is 0.556. The van der Waals surface area contributed by atoms with E-state index in [1.807, 2.05) is 35.2 Å².